The monoisotopic (exact) mass is 461 g/mol. The van der Waals surface area contributed by atoms with Crippen LogP contribution in [0.2, 0.25) is 0 Å². The second-order valence-corrected chi connectivity index (χ2v) is 8.55. The van der Waals surface area contributed by atoms with Crippen LogP contribution < -0.4 is 14.6 Å². The molecule has 0 N–H and O–H groups in total. The number of anilines is 2. The molecule has 0 bridgehead atoms. The van der Waals surface area contributed by atoms with Gasteiger partial charge in [0.2, 0.25) is 0 Å². The van der Waals surface area contributed by atoms with E-state index in [0.29, 0.717) is 12.4 Å². The van der Waals surface area contributed by atoms with Crippen molar-refractivity contribution in [1.29, 1.82) is 0 Å². The molecule has 1 aliphatic heterocycles. The van der Waals surface area contributed by atoms with E-state index in [1.807, 2.05) is 126 Å². The number of ether oxygens (including phenoxy) is 1. The summed E-state index contributed by atoms with van der Waals surface area (Å²) in [4.78, 5) is 14.8. The van der Waals surface area contributed by atoms with Crippen LogP contribution in [0, 0.1) is 6.92 Å². The Morgan fingerprint density at radius 1 is 0.800 bits per heavy atom. The van der Waals surface area contributed by atoms with Crippen LogP contribution in [-0.4, -0.2) is 11.6 Å². The van der Waals surface area contributed by atoms with E-state index < -0.39 is 6.17 Å². The molecule has 0 amide bonds. The first-order valence-electron chi connectivity index (χ1n) is 11.7. The van der Waals surface area contributed by atoms with E-state index >= 15 is 0 Å². The summed E-state index contributed by atoms with van der Waals surface area (Å²) in [5.74, 6) is 1.04. The molecule has 0 saturated carbocycles. The first-order chi connectivity index (χ1) is 17.1. The van der Waals surface area contributed by atoms with Crippen LogP contribution in [0.4, 0.5) is 11.4 Å². The zero-order chi connectivity index (χ0) is 24.2. The third-order valence-corrected chi connectivity index (χ3v) is 5.99. The largest absolute Gasteiger partial charge is 0.488 e. The number of rotatable bonds is 7. The number of para-hydroxylation sites is 2. The van der Waals surface area contributed by atoms with Gasteiger partial charge in [-0.3, -0.25) is 9.69 Å². The zero-order valence-electron chi connectivity index (χ0n) is 19.8. The minimum atomic E-state index is -0.397. The summed E-state index contributed by atoms with van der Waals surface area (Å²) < 4.78 is 6.33. The standard InChI is InChI=1S/C30H27N3O2/c1-22-17-19-25(20-18-22)32-29(23(2)34)31-33(26-13-7-4-8-14-26)30(32)27-15-9-10-16-28(27)35-21-24-11-5-3-6-12-24/h3-20,30H,21H2,1-2H3/t30-/m0/s1. The highest BCUT2D eigenvalue weighted by Gasteiger charge is 2.40. The van der Waals surface area contributed by atoms with Crippen molar-refractivity contribution in [2.45, 2.75) is 26.6 Å². The first-order valence-corrected chi connectivity index (χ1v) is 11.7. The number of hydrazone groups is 1. The lowest BCUT2D eigenvalue weighted by molar-refractivity contribution is -0.111. The predicted octanol–water partition coefficient (Wildman–Crippen LogP) is 6.50. The third kappa shape index (κ3) is 4.66. The van der Waals surface area contributed by atoms with Crippen LogP contribution in [0.3, 0.4) is 0 Å². The van der Waals surface area contributed by atoms with Crippen molar-refractivity contribution in [1.82, 2.24) is 0 Å². The van der Waals surface area contributed by atoms with Gasteiger partial charge in [0.25, 0.3) is 0 Å². The quantitative estimate of drug-likeness (QED) is 0.315. The maximum Gasteiger partial charge on any atom is 0.198 e. The summed E-state index contributed by atoms with van der Waals surface area (Å²) in [6, 6.07) is 36.1. The second-order valence-electron chi connectivity index (χ2n) is 8.55. The first kappa shape index (κ1) is 22.4. The molecule has 0 unspecified atom stereocenters. The molecule has 5 heteroatoms. The minimum Gasteiger partial charge on any atom is -0.488 e. The molecular formula is C30H27N3O2. The van der Waals surface area contributed by atoms with Crippen LogP contribution in [0.5, 0.6) is 5.75 Å². The smallest absolute Gasteiger partial charge is 0.198 e. The minimum absolute atomic E-state index is 0.100. The summed E-state index contributed by atoms with van der Waals surface area (Å²) in [6.07, 6.45) is -0.397. The lowest BCUT2D eigenvalue weighted by Crippen LogP contribution is -2.38. The van der Waals surface area contributed by atoms with Gasteiger partial charge in [-0.1, -0.05) is 84.4 Å². The Morgan fingerprint density at radius 2 is 1.43 bits per heavy atom. The predicted molar refractivity (Wildman–Crippen MR) is 141 cm³/mol. The summed E-state index contributed by atoms with van der Waals surface area (Å²) in [6.45, 7) is 4.05. The number of amidine groups is 1. The van der Waals surface area contributed by atoms with E-state index in [1.165, 1.54) is 0 Å². The molecule has 1 aliphatic rings. The Bertz CT molecular complexity index is 1340. The Balaban J connectivity index is 1.62. The number of Topliss-reactive ketones (excluding diaryl/α,β-unsaturated/α-hetero) is 1. The lowest BCUT2D eigenvalue weighted by atomic mass is 10.1. The van der Waals surface area contributed by atoms with Crippen molar-refractivity contribution in [3.8, 4) is 5.75 Å². The molecular weight excluding hydrogens is 434 g/mol. The van der Waals surface area contributed by atoms with E-state index in [9.17, 15) is 4.79 Å². The molecule has 0 spiro atoms. The molecule has 174 valence electrons. The number of nitrogens with zero attached hydrogens (tertiary/aromatic N) is 3. The van der Waals surface area contributed by atoms with Gasteiger partial charge < -0.3 is 4.74 Å². The number of aryl methyl sites for hydroxylation is 1. The van der Waals surface area contributed by atoms with E-state index in [2.05, 4.69) is 0 Å². The summed E-state index contributed by atoms with van der Waals surface area (Å²) in [7, 11) is 0. The maximum atomic E-state index is 12.8. The van der Waals surface area contributed by atoms with Crippen molar-refractivity contribution < 1.29 is 9.53 Å². The molecule has 0 fully saturated rings. The fourth-order valence-electron chi connectivity index (χ4n) is 4.25. The molecule has 1 atom stereocenters. The van der Waals surface area contributed by atoms with Crippen molar-refractivity contribution in [2.24, 2.45) is 5.10 Å². The summed E-state index contributed by atoms with van der Waals surface area (Å²) >= 11 is 0. The molecule has 1 heterocycles. The number of benzene rings is 4. The highest BCUT2D eigenvalue weighted by molar-refractivity contribution is 6.44. The number of hydrogen-bond acceptors (Lipinski definition) is 5. The lowest BCUT2D eigenvalue weighted by Gasteiger charge is -2.33. The average molecular weight is 462 g/mol. The van der Waals surface area contributed by atoms with Crippen LogP contribution >= 0.6 is 0 Å². The van der Waals surface area contributed by atoms with Gasteiger partial charge in [-0.05, 0) is 42.8 Å². The van der Waals surface area contributed by atoms with Gasteiger partial charge in [0, 0.05) is 18.2 Å². The van der Waals surface area contributed by atoms with Crippen molar-refractivity contribution >= 4 is 23.0 Å². The maximum absolute atomic E-state index is 12.8. The number of hydrogen-bond donors (Lipinski definition) is 0. The fraction of sp³-hybridized carbons (Fsp3) is 0.133. The van der Waals surface area contributed by atoms with E-state index in [4.69, 9.17) is 9.84 Å². The molecule has 35 heavy (non-hydrogen) atoms. The Morgan fingerprint density at radius 3 is 2.11 bits per heavy atom. The molecule has 0 aliphatic carbocycles. The Labute approximate surface area is 205 Å². The van der Waals surface area contributed by atoms with Crippen molar-refractivity contribution in [3.05, 3.63) is 126 Å². The van der Waals surface area contributed by atoms with Gasteiger partial charge in [-0.25, -0.2) is 5.01 Å². The van der Waals surface area contributed by atoms with Crippen molar-refractivity contribution in [3.63, 3.8) is 0 Å². The van der Waals surface area contributed by atoms with Crippen molar-refractivity contribution in [2.75, 3.05) is 9.91 Å². The van der Waals surface area contributed by atoms with Crippen LogP contribution in [0.1, 0.15) is 29.8 Å². The fourth-order valence-corrected chi connectivity index (χ4v) is 4.25. The van der Waals surface area contributed by atoms with Gasteiger partial charge in [-0.2, -0.15) is 0 Å². The summed E-state index contributed by atoms with van der Waals surface area (Å²) in [5.41, 5.74) is 4.95. The normalized spacial score (nSPS) is 15.1. The SMILES string of the molecule is CC(=O)C1=NN(c2ccccc2)[C@@H](c2ccccc2OCc2ccccc2)N1c1ccc(C)cc1. The summed E-state index contributed by atoms with van der Waals surface area (Å²) in [5, 5.41) is 6.73. The molecule has 5 nitrogen and oxygen atoms in total. The highest BCUT2D eigenvalue weighted by Crippen LogP contribution is 2.42. The molecule has 0 radical (unpaired) electrons. The molecule has 4 aromatic carbocycles. The zero-order valence-corrected chi connectivity index (χ0v) is 19.8. The van der Waals surface area contributed by atoms with Crippen LogP contribution in [-0.2, 0) is 11.4 Å². The van der Waals surface area contributed by atoms with Gasteiger partial charge in [0.15, 0.2) is 17.8 Å². The number of ketones is 1. The van der Waals surface area contributed by atoms with E-state index in [1.54, 1.807) is 6.92 Å². The third-order valence-electron chi connectivity index (χ3n) is 5.99. The molecule has 4 aromatic rings. The Hall–Kier alpha value is -4.38. The highest BCUT2D eigenvalue weighted by atomic mass is 16.5. The van der Waals surface area contributed by atoms with E-state index in [0.717, 1.165) is 33.8 Å². The van der Waals surface area contributed by atoms with Crippen LogP contribution in [0.25, 0.3) is 0 Å². The molecule has 5 rings (SSSR count). The average Bonchev–Trinajstić information content (AvgIpc) is 3.30. The molecule has 0 aromatic heterocycles. The van der Waals surface area contributed by atoms with Gasteiger partial charge in [0.1, 0.15) is 12.4 Å². The van der Waals surface area contributed by atoms with Crippen LogP contribution in [0.15, 0.2) is 114 Å². The Kier molecular flexibility index (Phi) is 6.31. The topological polar surface area (TPSA) is 45.1 Å². The van der Waals surface area contributed by atoms with Gasteiger partial charge in [-0.15, -0.1) is 5.10 Å². The number of carbonyl (C=O) groups is 1. The van der Waals surface area contributed by atoms with E-state index in [-0.39, 0.29) is 5.78 Å². The number of carbonyl (C=O) groups excluding carboxylic acids is 1. The van der Waals surface area contributed by atoms with Gasteiger partial charge in [0.05, 0.1) is 5.69 Å². The van der Waals surface area contributed by atoms with Gasteiger partial charge >= 0.3 is 0 Å². The second kappa shape index (κ2) is 9.85. The molecule has 0 saturated heterocycles.